The van der Waals surface area contributed by atoms with Crippen LogP contribution in [0.1, 0.15) is 27.7 Å². The van der Waals surface area contributed by atoms with Gasteiger partial charge in [0.05, 0.1) is 56.8 Å². The molecule has 0 saturated carbocycles. The molecule has 0 radical (unpaired) electrons. The van der Waals surface area contributed by atoms with Gasteiger partial charge in [-0.05, 0) is 27.7 Å². The Hall–Kier alpha value is -0.0631. The smallest absolute Gasteiger partial charge is 0.276 e. The van der Waals surface area contributed by atoms with E-state index in [9.17, 15) is 0 Å². The zero-order valence-corrected chi connectivity index (χ0v) is 16.8. The second-order valence-corrected chi connectivity index (χ2v) is 11.5. The standard InChI is InChI=1S/C17H32O7Si/c1-5-24-25(12(2)18-6-15-9-21-15,13(3)19-7-16-10-22-16)14(4)20-8-17-11-23-17/h12-17H,5-11H2,1-4H3. The van der Waals surface area contributed by atoms with Crippen LogP contribution in [0.25, 0.3) is 0 Å². The predicted octanol–water partition coefficient (Wildman–Crippen LogP) is 0.998. The Morgan fingerprint density at radius 2 is 1.08 bits per heavy atom. The zero-order valence-electron chi connectivity index (χ0n) is 15.8. The molecule has 0 aromatic heterocycles. The molecule has 6 unspecified atom stereocenters. The molecule has 0 aromatic carbocycles. The maximum atomic E-state index is 6.41. The molecule has 8 heteroatoms. The van der Waals surface area contributed by atoms with Crippen LogP contribution in [0.2, 0.25) is 0 Å². The first-order valence-corrected chi connectivity index (χ1v) is 11.5. The van der Waals surface area contributed by atoms with E-state index in [0.29, 0.717) is 26.4 Å². The summed E-state index contributed by atoms with van der Waals surface area (Å²) in [4.78, 5) is 0. The fourth-order valence-corrected chi connectivity index (χ4v) is 7.49. The van der Waals surface area contributed by atoms with Gasteiger partial charge in [0.15, 0.2) is 0 Å². The van der Waals surface area contributed by atoms with Crippen molar-refractivity contribution in [1.29, 1.82) is 0 Å². The Morgan fingerprint density at radius 3 is 1.32 bits per heavy atom. The Labute approximate surface area is 151 Å². The van der Waals surface area contributed by atoms with E-state index in [2.05, 4.69) is 20.8 Å². The van der Waals surface area contributed by atoms with Gasteiger partial charge in [0.2, 0.25) is 0 Å². The van der Waals surface area contributed by atoms with E-state index in [1.165, 1.54) is 0 Å². The van der Waals surface area contributed by atoms with Crippen LogP contribution in [-0.2, 0) is 32.8 Å². The van der Waals surface area contributed by atoms with Crippen molar-refractivity contribution >= 4 is 8.32 Å². The van der Waals surface area contributed by atoms with Crippen molar-refractivity contribution in [2.75, 3.05) is 46.2 Å². The van der Waals surface area contributed by atoms with Crippen LogP contribution in [0.15, 0.2) is 0 Å². The maximum absolute atomic E-state index is 6.41. The Balaban J connectivity index is 1.67. The van der Waals surface area contributed by atoms with E-state index in [0.717, 1.165) is 19.8 Å². The van der Waals surface area contributed by atoms with Gasteiger partial charge in [-0.2, -0.15) is 0 Å². The Bertz CT molecular complexity index is 357. The first-order valence-electron chi connectivity index (χ1n) is 9.39. The summed E-state index contributed by atoms with van der Waals surface area (Å²) in [6.45, 7) is 13.0. The minimum absolute atomic E-state index is 0.0677. The van der Waals surface area contributed by atoms with Crippen molar-refractivity contribution < 1.29 is 32.8 Å². The van der Waals surface area contributed by atoms with Gasteiger partial charge in [-0.25, -0.2) is 0 Å². The quantitative estimate of drug-likeness (QED) is 0.331. The molecule has 0 amide bonds. The van der Waals surface area contributed by atoms with Gasteiger partial charge in [-0.3, -0.25) is 0 Å². The fourth-order valence-electron chi connectivity index (χ4n) is 3.23. The van der Waals surface area contributed by atoms with Gasteiger partial charge in [-0.15, -0.1) is 0 Å². The van der Waals surface area contributed by atoms with E-state index in [-0.39, 0.29) is 35.5 Å². The number of hydrogen-bond acceptors (Lipinski definition) is 7. The van der Waals surface area contributed by atoms with Crippen LogP contribution in [0.4, 0.5) is 0 Å². The summed E-state index contributed by atoms with van der Waals surface area (Å²) in [7, 11) is -2.56. The highest BCUT2D eigenvalue weighted by Crippen LogP contribution is 2.29. The second kappa shape index (κ2) is 8.75. The summed E-state index contributed by atoms with van der Waals surface area (Å²) in [6.07, 6.45) is 0.675. The van der Waals surface area contributed by atoms with Gasteiger partial charge in [0.25, 0.3) is 8.32 Å². The van der Waals surface area contributed by atoms with Gasteiger partial charge < -0.3 is 32.8 Å². The lowest BCUT2D eigenvalue weighted by atomic mass is 10.5. The van der Waals surface area contributed by atoms with Crippen LogP contribution in [-0.4, -0.2) is 90.1 Å². The third kappa shape index (κ3) is 5.46. The molecule has 3 heterocycles. The summed E-state index contributed by atoms with van der Waals surface area (Å²) in [5.41, 5.74) is -0.203. The molecule has 0 aliphatic carbocycles. The lowest BCUT2D eigenvalue weighted by molar-refractivity contribution is 0.00807. The number of epoxide rings is 3. The zero-order chi connectivity index (χ0) is 17.9. The molecular formula is C17H32O7Si. The molecule has 3 saturated heterocycles. The topological polar surface area (TPSA) is 74.5 Å². The van der Waals surface area contributed by atoms with Crippen molar-refractivity contribution in [1.82, 2.24) is 0 Å². The van der Waals surface area contributed by atoms with Crippen molar-refractivity contribution in [3.63, 3.8) is 0 Å². The molecule has 3 aliphatic heterocycles. The first kappa shape index (κ1) is 19.7. The lowest BCUT2D eigenvalue weighted by Gasteiger charge is -2.43. The highest BCUT2D eigenvalue weighted by Gasteiger charge is 2.54. The van der Waals surface area contributed by atoms with Crippen molar-refractivity contribution in [3.05, 3.63) is 0 Å². The Kier molecular flexibility index (Phi) is 6.89. The van der Waals surface area contributed by atoms with Crippen LogP contribution in [0.5, 0.6) is 0 Å². The number of ether oxygens (including phenoxy) is 6. The van der Waals surface area contributed by atoms with Crippen LogP contribution >= 0.6 is 0 Å². The van der Waals surface area contributed by atoms with Crippen LogP contribution < -0.4 is 0 Å². The summed E-state index contributed by atoms with van der Waals surface area (Å²) in [5, 5.41) is 0. The van der Waals surface area contributed by atoms with Gasteiger partial charge in [0, 0.05) is 6.61 Å². The fraction of sp³-hybridized carbons (Fsp3) is 1.00. The first-order chi connectivity index (χ1) is 12.1. The van der Waals surface area contributed by atoms with E-state index in [4.69, 9.17) is 32.8 Å². The van der Waals surface area contributed by atoms with E-state index in [1.807, 2.05) is 6.92 Å². The SMILES string of the molecule is CCO[Si](C(C)OCC1CO1)(C(C)OCC1CO1)C(C)OCC1CO1. The van der Waals surface area contributed by atoms with Crippen molar-refractivity contribution in [2.24, 2.45) is 0 Å². The molecule has 6 atom stereocenters. The molecule has 25 heavy (non-hydrogen) atoms. The van der Waals surface area contributed by atoms with E-state index in [1.54, 1.807) is 0 Å². The summed E-state index contributed by atoms with van der Waals surface area (Å²) < 4.78 is 40.7. The summed E-state index contributed by atoms with van der Waals surface area (Å²) in [6, 6.07) is 0. The monoisotopic (exact) mass is 376 g/mol. The maximum Gasteiger partial charge on any atom is 0.276 e. The highest BCUT2D eigenvalue weighted by molar-refractivity contribution is 6.77. The van der Waals surface area contributed by atoms with Crippen molar-refractivity contribution in [3.8, 4) is 0 Å². The molecule has 0 spiro atoms. The number of rotatable bonds is 14. The van der Waals surface area contributed by atoms with E-state index >= 15 is 0 Å². The molecule has 0 bridgehead atoms. The molecular weight excluding hydrogens is 344 g/mol. The number of hydrogen-bond donors (Lipinski definition) is 0. The predicted molar refractivity (Wildman–Crippen MR) is 92.8 cm³/mol. The van der Waals surface area contributed by atoms with Gasteiger partial charge in [0.1, 0.15) is 18.3 Å². The molecule has 146 valence electrons. The molecule has 3 fully saturated rings. The average molecular weight is 377 g/mol. The summed E-state index contributed by atoms with van der Waals surface area (Å²) >= 11 is 0. The summed E-state index contributed by atoms with van der Waals surface area (Å²) in [5.74, 6) is 0. The third-order valence-corrected chi connectivity index (χ3v) is 10.2. The minimum Gasteiger partial charge on any atom is -0.410 e. The van der Waals surface area contributed by atoms with Gasteiger partial charge in [-0.1, -0.05) is 0 Å². The second-order valence-electron chi connectivity index (χ2n) is 7.08. The van der Waals surface area contributed by atoms with Crippen LogP contribution in [0.3, 0.4) is 0 Å². The normalized spacial score (nSPS) is 33.4. The van der Waals surface area contributed by atoms with E-state index < -0.39 is 8.32 Å². The molecule has 3 rings (SSSR count). The largest absolute Gasteiger partial charge is 0.410 e. The molecule has 3 aliphatic rings. The molecule has 0 N–H and O–H groups in total. The lowest BCUT2D eigenvalue weighted by Crippen LogP contribution is -2.68. The van der Waals surface area contributed by atoms with Crippen molar-refractivity contribution in [2.45, 2.75) is 63.2 Å². The third-order valence-electron chi connectivity index (χ3n) is 5.10. The van der Waals surface area contributed by atoms with Gasteiger partial charge >= 0.3 is 0 Å². The Morgan fingerprint density at radius 1 is 0.760 bits per heavy atom. The molecule has 7 nitrogen and oxygen atoms in total. The average Bonchev–Trinajstić information content (AvgIpc) is 3.48. The molecule has 0 aromatic rings. The minimum atomic E-state index is -2.56. The van der Waals surface area contributed by atoms with Crippen LogP contribution in [0, 0.1) is 0 Å². The highest BCUT2D eigenvalue weighted by atomic mass is 28.4.